The number of benzene rings is 1. The van der Waals surface area contributed by atoms with Crippen LogP contribution in [0.5, 0.6) is 0 Å². The standard InChI is InChI=1S/C11H13N3O2S/c12-6-1-2-7-10(3-6)17-11(13-7)14-4-8(15)9(16)5-14/h1-3,8-9,15-16H,4-5,12H2. The van der Waals surface area contributed by atoms with Crippen molar-refractivity contribution in [1.82, 2.24) is 4.98 Å². The van der Waals surface area contributed by atoms with Crippen LogP contribution in [0.25, 0.3) is 10.2 Å². The van der Waals surface area contributed by atoms with E-state index in [9.17, 15) is 10.2 Å². The predicted octanol–water partition coefficient (Wildman–Crippen LogP) is 0.420. The van der Waals surface area contributed by atoms with Crippen LogP contribution in [-0.2, 0) is 0 Å². The number of hydrogen-bond donors (Lipinski definition) is 3. The summed E-state index contributed by atoms with van der Waals surface area (Å²) < 4.78 is 1.02. The van der Waals surface area contributed by atoms with E-state index in [4.69, 9.17) is 5.73 Å². The molecule has 90 valence electrons. The van der Waals surface area contributed by atoms with Crippen LogP contribution in [0.3, 0.4) is 0 Å². The lowest BCUT2D eigenvalue weighted by Crippen LogP contribution is -2.22. The molecule has 3 rings (SSSR count). The van der Waals surface area contributed by atoms with Crippen LogP contribution >= 0.6 is 11.3 Å². The maximum atomic E-state index is 9.51. The summed E-state index contributed by atoms with van der Waals surface area (Å²) in [5.41, 5.74) is 7.33. The third kappa shape index (κ3) is 1.84. The fourth-order valence-corrected chi connectivity index (χ4v) is 3.02. The molecule has 0 amide bonds. The van der Waals surface area contributed by atoms with Crippen molar-refractivity contribution >= 4 is 32.4 Å². The molecule has 0 saturated carbocycles. The Balaban J connectivity index is 1.96. The van der Waals surface area contributed by atoms with Crippen LogP contribution in [0, 0.1) is 0 Å². The van der Waals surface area contributed by atoms with Gasteiger partial charge in [0.1, 0.15) is 0 Å². The number of hydrogen-bond acceptors (Lipinski definition) is 6. The topological polar surface area (TPSA) is 82.6 Å². The number of nitrogens with two attached hydrogens (primary N) is 1. The van der Waals surface area contributed by atoms with Gasteiger partial charge in [-0.1, -0.05) is 11.3 Å². The Morgan fingerprint density at radius 3 is 2.71 bits per heavy atom. The summed E-state index contributed by atoms with van der Waals surface area (Å²) in [4.78, 5) is 6.37. The van der Waals surface area contributed by atoms with Crippen molar-refractivity contribution in [2.45, 2.75) is 12.2 Å². The molecule has 1 aromatic heterocycles. The third-order valence-corrected chi connectivity index (χ3v) is 4.01. The zero-order valence-corrected chi connectivity index (χ0v) is 9.89. The first-order valence-electron chi connectivity index (χ1n) is 5.40. The molecule has 0 aliphatic carbocycles. The Hall–Kier alpha value is -1.37. The Bertz CT molecular complexity index is 547. The molecule has 1 aliphatic heterocycles. The summed E-state index contributed by atoms with van der Waals surface area (Å²) in [6, 6.07) is 5.59. The van der Waals surface area contributed by atoms with E-state index in [0.29, 0.717) is 18.8 Å². The van der Waals surface area contributed by atoms with E-state index in [1.54, 1.807) is 0 Å². The van der Waals surface area contributed by atoms with E-state index in [-0.39, 0.29) is 0 Å². The van der Waals surface area contributed by atoms with Crippen molar-refractivity contribution in [1.29, 1.82) is 0 Å². The number of β-amino-alcohol motifs (C(OH)–C–C–N with tert-alkyl or cyclic N) is 2. The highest BCUT2D eigenvalue weighted by Crippen LogP contribution is 2.31. The van der Waals surface area contributed by atoms with Gasteiger partial charge in [-0.15, -0.1) is 0 Å². The van der Waals surface area contributed by atoms with Gasteiger partial charge in [-0.05, 0) is 18.2 Å². The molecular weight excluding hydrogens is 238 g/mol. The van der Waals surface area contributed by atoms with Crippen LogP contribution in [0.15, 0.2) is 18.2 Å². The van der Waals surface area contributed by atoms with Crippen LogP contribution < -0.4 is 10.6 Å². The van der Waals surface area contributed by atoms with Gasteiger partial charge in [-0.2, -0.15) is 0 Å². The van der Waals surface area contributed by atoms with Gasteiger partial charge in [-0.3, -0.25) is 0 Å². The lowest BCUT2D eigenvalue weighted by molar-refractivity contribution is 0.0572. The second-order valence-corrected chi connectivity index (χ2v) is 5.27. The van der Waals surface area contributed by atoms with Crippen LogP contribution in [0.4, 0.5) is 10.8 Å². The molecule has 2 aromatic rings. The first-order valence-corrected chi connectivity index (χ1v) is 6.22. The van der Waals surface area contributed by atoms with E-state index in [1.807, 2.05) is 23.1 Å². The van der Waals surface area contributed by atoms with Gasteiger partial charge >= 0.3 is 0 Å². The van der Waals surface area contributed by atoms with Gasteiger partial charge in [0.25, 0.3) is 0 Å². The second-order valence-electron chi connectivity index (χ2n) is 4.26. The van der Waals surface area contributed by atoms with Crippen LogP contribution in [0.1, 0.15) is 0 Å². The minimum atomic E-state index is -0.688. The molecule has 17 heavy (non-hydrogen) atoms. The number of aliphatic hydroxyl groups is 2. The number of rotatable bonds is 1. The maximum absolute atomic E-state index is 9.51. The van der Waals surface area contributed by atoms with Gasteiger partial charge in [0, 0.05) is 18.8 Å². The molecule has 2 unspecified atom stereocenters. The van der Waals surface area contributed by atoms with E-state index in [1.165, 1.54) is 11.3 Å². The van der Waals surface area contributed by atoms with Crippen molar-refractivity contribution in [3.05, 3.63) is 18.2 Å². The van der Waals surface area contributed by atoms with Gasteiger partial charge < -0.3 is 20.8 Å². The zero-order chi connectivity index (χ0) is 12.0. The second kappa shape index (κ2) is 3.83. The summed E-state index contributed by atoms with van der Waals surface area (Å²) in [6.45, 7) is 0.854. The Labute approximate surface area is 102 Å². The molecule has 4 N–H and O–H groups in total. The van der Waals surface area contributed by atoms with Crippen molar-refractivity contribution < 1.29 is 10.2 Å². The number of aromatic nitrogens is 1. The first-order chi connectivity index (χ1) is 8.13. The van der Waals surface area contributed by atoms with Gasteiger partial charge in [0.2, 0.25) is 0 Å². The number of anilines is 2. The monoisotopic (exact) mass is 251 g/mol. The summed E-state index contributed by atoms with van der Waals surface area (Å²) in [5, 5.41) is 19.8. The summed E-state index contributed by atoms with van der Waals surface area (Å²) in [5.74, 6) is 0. The minimum Gasteiger partial charge on any atom is -0.399 e. The van der Waals surface area contributed by atoms with E-state index in [2.05, 4.69) is 4.98 Å². The molecule has 2 atom stereocenters. The number of nitrogens with zero attached hydrogens (tertiary/aromatic N) is 2. The fraction of sp³-hybridized carbons (Fsp3) is 0.364. The van der Waals surface area contributed by atoms with Crippen molar-refractivity contribution in [3.63, 3.8) is 0 Å². The highest BCUT2D eigenvalue weighted by molar-refractivity contribution is 7.22. The van der Waals surface area contributed by atoms with Crippen molar-refractivity contribution in [3.8, 4) is 0 Å². The van der Waals surface area contributed by atoms with Gasteiger partial charge in [0.15, 0.2) is 5.13 Å². The smallest absolute Gasteiger partial charge is 0.186 e. The quantitative estimate of drug-likeness (QED) is 0.640. The molecule has 6 heteroatoms. The Morgan fingerprint density at radius 2 is 2.00 bits per heavy atom. The summed E-state index contributed by atoms with van der Waals surface area (Å²) in [7, 11) is 0. The molecule has 0 radical (unpaired) electrons. The average Bonchev–Trinajstić information content (AvgIpc) is 2.83. The third-order valence-electron chi connectivity index (χ3n) is 2.93. The zero-order valence-electron chi connectivity index (χ0n) is 9.08. The van der Waals surface area contributed by atoms with E-state index < -0.39 is 12.2 Å². The van der Waals surface area contributed by atoms with Crippen LogP contribution in [-0.4, -0.2) is 40.5 Å². The summed E-state index contributed by atoms with van der Waals surface area (Å²) in [6.07, 6.45) is -1.38. The summed E-state index contributed by atoms with van der Waals surface area (Å²) >= 11 is 1.53. The molecule has 1 fully saturated rings. The lowest BCUT2D eigenvalue weighted by atomic mass is 10.3. The van der Waals surface area contributed by atoms with E-state index in [0.717, 1.165) is 15.3 Å². The lowest BCUT2D eigenvalue weighted by Gasteiger charge is -2.12. The highest BCUT2D eigenvalue weighted by Gasteiger charge is 2.31. The number of nitrogen functional groups attached to an aromatic ring is 1. The Kier molecular flexibility index (Phi) is 2.43. The molecule has 0 spiro atoms. The van der Waals surface area contributed by atoms with Crippen molar-refractivity contribution in [2.24, 2.45) is 0 Å². The maximum Gasteiger partial charge on any atom is 0.186 e. The normalized spacial score (nSPS) is 24.7. The Morgan fingerprint density at radius 1 is 1.29 bits per heavy atom. The van der Waals surface area contributed by atoms with Crippen LogP contribution in [0.2, 0.25) is 0 Å². The van der Waals surface area contributed by atoms with E-state index >= 15 is 0 Å². The number of fused-ring (bicyclic) bond motifs is 1. The molecule has 0 bridgehead atoms. The molecule has 1 aromatic carbocycles. The fourth-order valence-electron chi connectivity index (χ4n) is 1.99. The average molecular weight is 251 g/mol. The number of aliphatic hydroxyl groups excluding tert-OH is 2. The molecule has 1 saturated heterocycles. The SMILES string of the molecule is Nc1ccc2nc(N3CC(O)C(O)C3)sc2c1. The van der Waals surface area contributed by atoms with Crippen molar-refractivity contribution in [2.75, 3.05) is 23.7 Å². The predicted molar refractivity (Wildman–Crippen MR) is 68.3 cm³/mol. The highest BCUT2D eigenvalue weighted by atomic mass is 32.1. The molecular formula is C11H13N3O2S. The molecule has 1 aliphatic rings. The first kappa shape index (κ1) is 10.8. The molecule has 2 heterocycles. The van der Waals surface area contributed by atoms with Gasteiger partial charge in [-0.25, -0.2) is 4.98 Å². The number of thiazole rings is 1. The van der Waals surface area contributed by atoms with Gasteiger partial charge in [0.05, 0.1) is 22.4 Å². The minimum absolute atomic E-state index is 0.427. The largest absolute Gasteiger partial charge is 0.399 e. The molecule has 5 nitrogen and oxygen atoms in total.